The molecule has 3 aliphatic carbocycles. The van der Waals surface area contributed by atoms with Crippen LogP contribution in [0.4, 0.5) is 0 Å². The fourth-order valence-corrected chi connectivity index (χ4v) is 6.98. The van der Waals surface area contributed by atoms with Gasteiger partial charge in [-0.1, -0.05) is 44.7 Å². The Morgan fingerprint density at radius 3 is 2.09 bits per heavy atom. The first-order valence-corrected chi connectivity index (χ1v) is 14.5. The van der Waals surface area contributed by atoms with Gasteiger partial charge in [-0.3, -0.25) is 9.59 Å². The van der Waals surface area contributed by atoms with Crippen molar-refractivity contribution in [3.8, 4) is 5.75 Å². The summed E-state index contributed by atoms with van der Waals surface area (Å²) in [7, 11) is 0. The maximum atomic E-state index is 12.9. The minimum absolute atomic E-state index is 0.0391. The monoisotopic (exact) mass is 482 g/mol. The predicted molar refractivity (Wildman–Crippen MR) is 139 cm³/mol. The van der Waals surface area contributed by atoms with Crippen molar-refractivity contribution in [1.29, 1.82) is 0 Å². The van der Waals surface area contributed by atoms with E-state index in [4.69, 9.17) is 9.47 Å². The summed E-state index contributed by atoms with van der Waals surface area (Å²) in [5.41, 5.74) is 1.80. The number of esters is 2. The van der Waals surface area contributed by atoms with E-state index in [2.05, 4.69) is 19.1 Å². The molecule has 1 spiro atoms. The topological polar surface area (TPSA) is 52.6 Å². The lowest BCUT2D eigenvalue weighted by Gasteiger charge is -2.44. The summed E-state index contributed by atoms with van der Waals surface area (Å²) in [4.78, 5) is 24.1. The van der Waals surface area contributed by atoms with E-state index in [1.54, 1.807) is 0 Å². The van der Waals surface area contributed by atoms with Crippen LogP contribution in [0.5, 0.6) is 5.75 Å². The maximum Gasteiger partial charge on any atom is 0.314 e. The minimum Gasteiger partial charge on any atom is -0.463 e. The Hall–Kier alpha value is -1.84. The van der Waals surface area contributed by atoms with Crippen molar-refractivity contribution in [2.45, 2.75) is 129 Å². The normalized spacial score (nSPS) is 31.1. The standard InChI is InChI=1S/C31H46O4/c1-3-4-5-6-24-15-19-31(20-16-24)21-17-27(18-22-31)30(33)35-29-13-9-26(10-14-29)25-7-11-28(12-8-25)34-23(2)32/h9-10,13-14,24-25,27-28H,3-8,11-12,15-22H2,1-2H3. The Kier molecular flexibility index (Phi) is 9.30. The lowest BCUT2D eigenvalue weighted by atomic mass is 9.61. The third-order valence-corrected chi connectivity index (χ3v) is 9.34. The molecule has 0 aliphatic heterocycles. The summed E-state index contributed by atoms with van der Waals surface area (Å²) in [5.74, 6) is 1.93. The number of hydrogen-bond donors (Lipinski definition) is 0. The fourth-order valence-electron chi connectivity index (χ4n) is 6.98. The molecule has 3 aliphatic rings. The van der Waals surface area contributed by atoms with Crippen molar-refractivity contribution >= 4 is 11.9 Å². The molecule has 0 aromatic heterocycles. The number of hydrogen-bond acceptors (Lipinski definition) is 4. The number of carbonyl (C=O) groups excluding carboxylic acids is 2. The van der Waals surface area contributed by atoms with E-state index in [9.17, 15) is 9.59 Å². The van der Waals surface area contributed by atoms with Crippen molar-refractivity contribution in [1.82, 2.24) is 0 Å². The van der Waals surface area contributed by atoms with Crippen LogP contribution in [0.15, 0.2) is 24.3 Å². The SMILES string of the molecule is CCCCCC1CCC2(CC1)CCC(C(=O)Oc1ccc(C3CCC(OC(C)=O)CC3)cc1)CC2. The highest BCUT2D eigenvalue weighted by Crippen LogP contribution is 2.51. The molecule has 0 unspecified atom stereocenters. The van der Waals surface area contributed by atoms with Gasteiger partial charge in [0.15, 0.2) is 0 Å². The van der Waals surface area contributed by atoms with Gasteiger partial charge in [-0.15, -0.1) is 0 Å². The van der Waals surface area contributed by atoms with Crippen LogP contribution in [0.25, 0.3) is 0 Å². The van der Waals surface area contributed by atoms with Crippen LogP contribution in [0.2, 0.25) is 0 Å². The molecule has 1 aromatic rings. The molecular weight excluding hydrogens is 436 g/mol. The molecule has 4 nitrogen and oxygen atoms in total. The van der Waals surface area contributed by atoms with Crippen molar-refractivity contribution in [3.05, 3.63) is 29.8 Å². The zero-order chi connectivity index (χ0) is 24.7. The quantitative estimate of drug-likeness (QED) is 0.213. The van der Waals surface area contributed by atoms with Gasteiger partial charge >= 0.3 is 11.9 Å². The molecule has 1 aromatic carbocycles. The van der Waals surface area contributed by atoms with Crippen LogP contribution in [-0.2, 0) is 14.3 Å². The molecule has 0 atom stereocenters. The molecule has 0 bridgehead atoms. The van der Waals surface area contributed by atoms with E-state index < -0.39 is 0 Å². The van der Waals surface area contributed by atoms with Crippen molar-refractivity contribution in [2.75, 3.05) is 0 Å². The molecule has 3 fully saturated rings. The summed E-state index contributed by atoms with van der Waals surface area (Å²) < 4.78 is 11.2. The molecule has 194 valence electrons. The van der Waals surface area contributed by atoms with Gasteiger partial charge < -0.3 is 9.47 Å². The molecule has 0 amide bonds. The van der Waals surface area contributed by atoms with E-state index in [-0.39, 0.29) is 24.0 Å². The molecule has 0 radical (unpaired) electrons. The van der Waals surface area contributed by atoms with Gasteiger partial charge in [0.1, 0.15) is 11.9 Å². The lowest BCUT2D eigenvalue weighted by Crippen LogP contribution is -2.35. The van der Waals surface area contributed by atoms with Gasteiger partial charge in [-0.05, 0) is 112 Å². The Labute approximate surface area is 212 Å². The first kappa shape index (κ1) is 26.2. The number of carbonyl (C=O) groups is 2. The zero-order valence-corrected chi connectivity index (χ0v) is 22.1. The van der Waals surface area contributed by atoms with Crippen LogP contribution < -0.4 is 4.74 Å². The van der Waals surface area contributed by atoms with Crippen LogP contribution in [0.3, 0.4) is 0 Å². The minimum atomic E-state index is -0.182. The Bertz CT molecular complexity index is 803. The number of ether oxygens (including phenoxy) is 2. The molecule has 4 heteroatoms. The first-order chi connectivity index (χ1) is 17.0. The highest BCUT2D eigenvalue weighted by Gasteiger charge is 2.40. The molecular formula is C31H46O4. The summed E-state index contributed by atoms with van der Waals surface area (Å²) in [5, 5.41) is 0. The smallest absolute Gasteiger partial charge is 0.314 e. The average molecular weight is 483 g/mol. The summed E-state index contributed by atoms with van der Waals surface area (Å²) in [6, 6.07) is 8.12. The molecule has 4 rings (SSSR count). The van der Waals surface area contributed by atoms with E-state index in [1.807, 2.05) is 12.1 Å². The molecule has 0 heterocycles. The van der Waals surface area contributed by atoms with E-state index in [0.29, 0.717) is 17.1 Å². The molecule has 35 heavy (non-hydrogen) atoms. The third kappa shape index (κ3) is 7.33. The van der Waals surface area contributed by atoms with Gasteiger partial charge in [-0.2, -0.15) is 0 Å². The third-order valence-electron chi connectivity index (χ3n) is 9.34. The van der Waals surface area contributed by atoms with Crippen molar-refractivity contribution in [2.24, 2.45) is 17.3 Å². The lowest BCUT2D eigenvalue weighted by molar-refractivity contribution is -0.148. The van der Waals surface area contributed by atoms with Crippen molar-refractivity contribution < 1.29 is 19.1 Å². The van der Waals surface area contributed by atoms with Crippen molar-refractivity contribution in [3.63, 3.8) is 0 Å². The number of benzene rings is 1. The Balaban J connectivity index is 1.19. The highest BCUT2D eigenvalue weighted by atomic mass is 16.5. The largest absolute Gasteiger partial charge is 0.463 e. The van der Waals surface area contributed by atoms with E-state index in [1.165, 1.54) is 76.7 Å². The first-order valence-electron chi connectivity index (χ1n) is 14.5. The van der Waals surface area contributed by atoms with Gasteiger partial charge in [0, 0.05) is 6.92 Å². The van der Waals surface area contributed by atoms with Gasteiger partial charge in [0.25, 0.3) is 0 Å². The van der Waals surface area contributed by atoms with E-state index in [0.717, 1.165) is 44.4 Å². The van der Waals surface area contributed by atoms with Crippen LogP contribution in [-0.4, -0.2) is 18.0 Å². The average Bonchev–Trinajstić information content (AvgIpc) is 2.87. The molecule has 3 saturated carbocycles. The van der Waals surface area contributed by atoms with Crippen LogP contribution >= 0.6 is 0 Å². The fraction of sp³-hybridized carbons (Fsp3) is 0.742. The Morgan fingerprint density at radius 1 is 0.857 bits per heavy atom. The Morgan fingerprint density at radius 2 is 1.49 bits per heavy atom. The summed E-state index contributed by atoms with van der Waals surface area (Å²) >= 11 is 0. The molecule has 0 N–H and O–H groups in total. The summed E-state index contributed by atoms with van der Waals surface area (Å²) in [6.07, 6.45) is 19.4. The zero-order valence-electron chi connectivity index (χ0n) is 22.1. The van der Waals surface area contributed by atoms with Gasteiger partial charge in [0.2, 0.25) is 0 Å². The highest BCUT2D eigenvalue weighted by molar-refractivity contribution is 5.75. The second-order valence-electron chi connectivity index (χ2n) is 11.8. The maximum absolute atomic E-state index is 12.9. The van der Waals surface area contributed by atoms with Gasteiger partial charge in [0.05, 0.1) is 5.92 Å². The number of unbranched alkanes of at least 4 members (excludes halogenated alkanes) is 2. The number of rotatable bonds is 8. The predicted octanol–water partition coefficient (Wildman–Crippen LogP) is 8.13. The second kappa shape index (κ2) is 12.4. The summed E-state index contributed by atoms with van der Waals surface area (Å²) in [6.45, 7) is 3.77. The molecule has 0 saturated heterocycles. The second-order valence-corrected chi connectivity index (χ2v) is 11.8. The van der Waals surface area contributed by atoms with Crippen LogP contribution in [0, 0.1) is 17.3 Å². The van der Waals surface area contributed by atoms with E-state index >= 15 is 0 Å². The van der Waals surface area contributed by atoms with Gasteiger partial charge in [-0.25, -0.2) is 0 Å². The van der Waals surface area contributed by atoms with Crippen LogP contribution in [0.1, 0.15) is 128 Å².